The highest BCUT2D eigenvalue weighted by Gasteiger charge is 2.19. The Hall–Kier alpha value is -2.19. The number of methoxy groups -OCH3 is 2. The van der Waals surface area contributed by atoms with Crippen molar-refractivity contribution in [3.05, 3.63) is 46.7 Å². The topological polar surface area (TPSA) is 72.7 Å². The van der Waals surface area contributed by atoms with E-state index in [9.17, 15) is 4.79 Å². The van der Waals surface area contributed by atoms with Crippen molar-refractivity contribution >= 4 is 34.9 Å². The molecule has 9 heteroatoms. The Kier molecular flexibility index (Phi) is 8.14. The molecule has 0 radical (unpaired) electrons. The van der Waals surface area contributed by atoms with Crippen molar-refractivity contribution in [2.75, 3.05) is 28.3 Å². The summed E-state index contributed by atoms with van der Waals surface area (Å²) in [6, 6.07) is 0. The van der Waals surface area contributed by atoms with Gasteiger partial charge in [0.05, 0.1) is 20.4 Å². The first-order valence-electron chi connectivity index (χ1n) is 6.76. The van der Waals surface area contributed by atoms with Crippen LogP contribution in [0, 0.1) is 0 Å². The predicted octanol–water partition coefficient (Wildman–Crippen LogP) is 3.26. The highest BCUT2D eigenvalue weighted by Crippen LogP contribution is 2.29. The number of rotatable bonds is 5. The van der Waals surface area contributed by atoms with Crippen molar-refractivity contribution in [2.24, 2.45) is 10.2 Å². The molecular weight excluding hydrogens is 354 g/mol. The van der Waals surface area contributed by atoms with E-state index in [1.807, 2.05) is 0 Å². The van der Waals surface area contributed by atoms with Crippen molar-refractivity contribution in [3.8, 4) is 0 Å². The van der Waals surface area contributed by atoms with E-state index in [2.05, 4.69) is 15.0 Å². The maximum atomic E-state index is 11.7. The van der Waals surface area contributed by atoms with Crippen molar-refractivity contribution in [1.82, 2.24) is 4.90 Å². The number of halogens is 1. The fourth-order valence-corrected chi connectivity index (χ4v) is 1.74. The van der Waals surface area contributed by atoms with Gasteiger partial charge in [0.15, 0.2) is 0 Å². The molecule has 1 aliphatic carbocycles. The number of nitrogens with zero attached hydrogens (tertiary/aromatic N) is 3. The van der Waals surface area contributed by atoms with Gasteiger partial charge < -0.3 is 19.1 Å². The van der Waals surface area contributed by atoms with Crippen molar-refractivity contribution < 1.29 is 19.0 Å². The first-order chi connectivity index (χ1) is 11.4. The molecule has 130 valence electrons. The molecule has 0 atom stereocenters. The van der Waals surface area contributed by atoms with E-state index in [1.165, 1.54) is 20.4 Å². The van der Waals surface area contributed by atoms with E-state index in [1.54, 1.807) is 31.1 Å². The molecule has 0 aromatic carbocycles. The molecule has 0 saturated heterocycles. The molecule has 0 saturated carbocycles. The third kappa shape index (κ3) is 6.13. The van der Waals surface area contributed by atoms with E-state index in [0.29, 0.717) is 27.9 Å². The smallest absolute Gasteiger partial charge is 0.377 e. The molecular formula is C15H18ClN3O4S. The molecule has 0 aromatic heterocycles. The lowest BCUT2D eigenvalue weighted by Gasteiger charge is -2.16. The van der Waals surface area contributed by atoms with Crippen LogP contribution in [0.15, 0.2) is 57.0 Å². The van der Waals surface area contributed by atoms with E-state index >= 15 is 0 Å². The summed E-state index contributed by atoms with van der Waals surface area (Å²) in [6.45, 7) is 0. The van der Waals surface area contributed by atoms with Crippen LogP contribution in [-0.4, -0.2) is 44.3 Å². The molecule has 0 aromatic rings. The first kappa shape index (κ1) is 19.9. The highest BCUT2D eigenvalue weighted by molar-refractivity contribution is 7.80. The number of hydrogen-bond acceptors (Lipinski definition) is 6. The van der Waals surface area contributed by atoms with Crippen LogP contribution in [0.5, 0.6) is 0 Å². The minimum absolute atomic E-state index is 0.107. The van der Waals surface area contributed by atoms with Gasteiger partial charge in [-0.25, -0.2) is 4.79 Å². The van der Waals surface area contributed by atoms with Gasteiger partial charge in [-0.05, 0) is 24.4 Å². The number of allylic oxidation sites excluding steroid dienone is 4. The second-order valence-electron chi connectivity index (χ2n) is 4.68. The van der Waals surface area contributed by atoms with Gasteiger partial charge in [0.1, 0.15) is 12.0 Å². The van der Waals surface area contributed by atoms with Gasteiger partial charge in [-0.15, -0.1) is 5.11 Å². The van der Waals surface area contributed by atoms with E-state index in [4.69, 9.17) is 33.3 Å². The first-order valence-corrected chi connectivity index (χ1v) is 7.54. The Morgan fingerprint density at radius 2 is 2.08 bits per heavy atom. The van der Waals surface area contributed by atoms with Gasteiger partial charge in [-0.1, -0.05) is 11.6 Å². The molecule has 0 unspecified atom stereocenters. The zero-order valence-corrected chi connectivity index (χ0v) is 15.3. The number of esters is 1. The number of carbonyl (C=O) groups is 1. The van der Waals surface area contributed by atoms with E-state index in [-0.39, 0.29) is 5.76 Å². The summed E-state index contributed by atoms with van der Waals surface area (Å²) in [6.07, 6.45) is 6.27. The number of hydrogen-bond donors (Lipinski definition) is 0. The minimum Gasteiger partial charge on any atom is -0.500 e. The number of azo groups is 1. The monoisotopic (exact) mass is 371 g/mol. The number of ether oxygens (including phenoxy) is 3. The standard InChI is InChI=1S/C15H18ClN3O4S/c1-19(2)15(24)18-17-8-10-7-11(16)5-6-12(10)23-13(9-21-3)14(20)22-4/h5-6,8-9H,7H2,1-4H3. The fraction of sp³-hybridized carbons (Fsp3) is 0.333. The second-order valence-corrected chi connectivity index (χ2v) is 5.53. The average molecular weight is 372 g/mol. The number of thiocarbonyl (C=S) groups is 1. The third-order valence-corrected chi connectivity index (χ3v) is 3.37. The lowest BCUT2D eigenvalue weighted by Crippen LogP contribution is -2.16. The van der Waals surface area contributed by atoms with Crippen LogP contribution in [0.3, 0.4) is 0 Å². The van der Waals surface area contributed by atoms with Crippen LogP contribution in [0.2, 0.25) is 0 Å². The zero-order chi connectivity index (χ0) is 18.1. The van der Waals surface area contributed by atoms with Crippen LogP contribution in [0.25, 0.3) is 0 Å². The Bertz CT molecular complexity index is 651. The molecule has 1 rings (SSSR count). The van der Waals surface area contributed by atoms with Crippen molar-refractivity contribution in [1.29, 1.82) is 0 Å². The highest BCUT2D eigenvalue weighted by atomic mass is 35.5. The maximum absolute atomic E-state index is 11.7. The van der Waals surface area contributed by atoms with Gasteiger partial charge >= 0.3 is 5.97 Å². The molecule has 0 N–H and O–H groups in total. The fourth-order valence-electron chi connectivity index (χ4n) is 1.49. The summed E-state index contributed by atoms with van der Waals surface area (Å²) < 4.78 is 15.0. The summed E-state index contributed by atoms with van der Waals surface area (Å²) in [5.41, 5.74) is 0.624. The van der Waals surface area contributed by atoms with Gasteiger partial charge in [0.25, 0.3) is 0 Å². The molecule has 0 amide bonds. The van der Waals surface area contributed by atoms with Crippen LogP contribution in [0.1, 0.15) is 6.42 Å². The van der Waals surface area contributed by atoms with Crippen molar-refractivity contribution in [3.63, 3.8) is 0 Å². The molecule has 0 heterocycles. The van der Waals surface area contributed by atoms with Crippen molar-refractivity contribution in [2.45, 2.75) is 6.42 Å². The Balaban J connectivity index is 3.02. The predicted molar refractivity (Wildman–Crippen MR) is 94.1 cm³/mol. The van der Waals surface area contributed by atoms with Crippen LogP contribution >= 0.6 is 23.8 Å². The number of carbonyl (C=O) groups excluding carboxylic acids is 1. The molecule has 0 bridgehead atoms. The van der Waals surface area contributed by atoms with E-state index in [0.717, 1.165) is 6.26 Å². The molecule has 7 nitrogen and oxygen atoms in total. The van der Waals surface area contributed by atoms with Crippen LogP contribution in [0.4, 0.5) is 0 Å². The largest absolute Gasteiger partial charge is 0.500 e. The summed E-state index contributed by atoms with van der Waals surface area (Å²) >= 11 is 11.1. The Morgan fingerprint density at radius 3 is 2.67 bits per heavy atom. The SMILES string of the molecule is COC=C(OC1=CC=C(Cl)CC1=CN=NC(=S)N(C)C)C(=O)OC. The second kappa shape index (κ2) is 9.84. The zero-order valence-electron chi connectivity index (χ0n) is 13.8. The third-order valence-electron chi connectivity index (χ3n) is 2.66. The maximum Gasteiger partial charge on any atom is 0.377 e. The Morgan fingerprint density at radius 1 is 1.38 bits per heavy atom. The van der Waals surface area contributed by atoms with E-state index < -0.39 is 5.97 Å². The molecule has 0 fully saturated rings. The summed E-state index contributed by atoms with van der Waals surface area (Å²) in [5, 5.41) is 8.72. The molecule has 0 spiro atoms. The molecule has 0 aliphatic heterocycles. The Labute approximate surface area is 150 Å². The van der Waals surface area contributed by atoms with Gasteiger partial charge in [-0.2, -0.15) is 5.11 Å². The lowest BCUT2D eigenvalue weighted by molar-refractivity contribution is -0.139. The summed E-state index contributed by atoms with van der Waals surface area (Å²) in [5.74, 6) is -0.402. The van der Waals surface area contributed by atoms with Gasteiger partial charge in [0, 0.05) is 31.1 Å². The summed E-state index contributed by atoms with van der Waals surface area (Å²) in [4.78, 5) is 13.3. The molecule has 1 aliphatic rings. The summed E-state index contributed by atoms with van der Waals surface area (Å²) in [7, 11) is 6.17. The normalized spacial score (nSPS) is 16.5. The van der Waals surface area contributed by atoms with Crippen LogP contribution in [-0.2, 0) is 19.0 Å². The minimum atomic E-state index is -0.673. The van der Waals surface area contributed by atoms with Crippen LogP contribution < -0.4 is 0 Å². The quantitative estimate of drug-likeness (QED) is 0.243. The average Bonchev–Trinajstić information content (AvgIpc) is 2.55. The lowest BCUT2D eigenvalue weighted by atomic mass is 10.1. The van der Waals surface area contributed by atoms with Gasteiger partial charge in [-0.3, -0.25) is 0 Å². The molecule has 24 heavy (non-hydrogen) atoms. The van der Waals surface area contributed by atoms with Gasteiger partial charge in [0.2, 0.25) is 10.9 Å².